The highest BCUT2D eigenvalue weighted by Crippen LogP contribution is 2.24. The summed E-state index contributed by atoms with van der Waals surface area (Å²) in [6.45, 7) is 6.38. The first-order chi connectivity index (χ1) is 13.0. The summed E-state index contributed by atoms with van der Waals surface area (Å²) >= 11 is 0. The SMILES string of the molecule is CC(C)(C)Cc1ccc(/C(C=O)=C/C(=O)c2ccc(OC(F)(F)F)cc2)cc1. The number of rotatable bonds is 6. The molecule has 0 aromatic heterocycles. The Morgan fingerprint density at radius 1 is 0.929 bits per heavy atom. The van der Waals surface area contributed by atoms with Gasteiger partial charge in [0.05, 0.1) is 0 Å². The number of aldehydes is 1. The van der Waals surface area contributed by atoms with E-state index in [1.807, 2.05) is 12.1 Å². The van der Waals surface area contributed by atoms with E-state index in [1.54, 1.807) is 12.1 Å². The lowest BCUT2D eigenvalue weighted by Crippen LogP contribution is -2.17. The summed E-state index contributed by atoms with van der Waals surface area (Å²) in [5, 5.41) is 0. The van der Waals surface area contributed by atoms with Crippen molar-refractivity contribution in [2.75, 3.05) is 0 Å². The van der Waals surface area contributed by atoms with Crippen molar-refractivity contribution in [3.05, 3.63) is 71.3 Å². The minimum atomic E-state index is -4.80. The Morgan fingerprint density at radius 2 is 1.46 bits per heavy atom. The second-order valence-electron chi connectivity index (χ2n) is 7.59. The van der Waals surface area contributed by atoms with Crippen LogP contribution in [0.25, 0.3) is 5.57 Å². The molecule has 0 saturated heterocycles. The molecule has 148 valence electrons. The molecule has 0 fully saturated rings. The summed E-state index contributed by atoms with van der Waals surface area (Å²) in [7, 11) is 0. The molecule has 0 aliphatic carbocycles. The highest BCUT2D eigenvalue weighted by molar-refractivity contribution is 6.18. The van der Waals surface area contributed by atoms with Gasteiger partial charge in [0.1, 0.15) is 5.75 Å². The lowest BCUT2D eigenvalue weighted by atomic mass is 9.87. The smallest absolute Gasteiger partial charge is 0.406 e. The predicted octanol–water partition coefficient (Wildman–Crippen LogP) is 5.64. The normalized spacial score (nSPS) is 12.6. The average molecular weight is 390 g/mol. The van der Waals surface area contributed by atoms with Gasteiger partial charge in [-0.2, -0.15) is 0 Å². The fraction of sp³-hybridized carbons (Fsp3) is 0.273. The summed E-state index contributed by atoms with van der Waals surface area (Å²) < 4.78 is 40.3. The Balaban J connectivity index is 2.17. The Labute approximate surface area is 161 Å². The van der Waals surface area contributed by atoms with Gasteiger partial charge in [0.25, 0.3) is 0 Å². The van der Waals surface area contributed by atoms with Crippen LogP contribution >= 0.6 is 0 Å². The van der Waals surface area contributed by atoms with Gasteiger partial charge in [-0.05, 0) is 53.3 Å². The lowest BCUT2D eigenvalue weighted by molar-refractivity contribution is -0.274. The van der Waals surface area contributed by atoms with Crippen LogP contribution in [0.4, 0.5) is 13.2 Å². The number of benzene rings is 2. The molecule has 0 aliphatic rings. The summed E-state index contributed by atoms with van der Waals surface area (Å²) in [5.41, 5.74) is 2.19. The van der Waals surface area contributed by atoms with E-state index in [-0.39, 0.29) is 16.6 Å². The number of carbonyl (C=O) groups is 2. The number of ketones is 1. The summed E-state index contributed by atoms with van der Waals surface area (Å²) in [4.78, 5) is 23.8. The van der Waals surface area contributed by atoms with Crippen LogP contribution in [0, 0.1) is 5.41 Å². The first kappa shape index (κ1) is 21.4. The van der Waals surface area contributed by atoms with Crippen LogP contribution in [0.3, 0.4) is 0 Å². The van der Waals surface area contributed by atoms with Gasteiger partial charge in [-0.3, -0.25) is 9.59 Å². The first-order valence-corrected chi connectivity index (χ1v) is 8.63. The first-order valence-electron chi connectivity index (χ1n) is 8.63. The van der Waals surface area contributed by atoms with E-state index in [0.29, 0.717) is 11.8 Å². The quantitative estimate of drug-likeness (QED) is 0.364. The van der Waals surface area contributed by atoms with E-state index in [9.17, 15) is 22.8 Å². The van der Waals surface area contributed by atoms with Crippen LogP contribution in [0.2, 0.25) is 0 Å². The molecule has 0 amide bonds. The zero-order chi connectivity index (χ0) is 20.9. The maximum atomic E-state index is 12.3. The molecule has 3 nitrogen and oxygen atoms in total. The van der Waals surface area contributed by atoms with Crippen molar-refractivity contribution in [2.24, 2.45) is 5.41 Å². The van der Waals surface area contributed by atoms with Crippen LogP contribution in [-0.4, -0.2) is 18.4 Å². The molecule has 0 unspecified atom stereocenters. The van der Waals surface area contributed by atoms with Gasteiger partial charge in [-0.25, -0.2) is 0 Å². The zero-order valence-corrected chi connectivity index (χ0v) is 15.8. The average Bonchev–Trinajstić information content (AvgIpc) is 2.58. The van der Waals surface area contributed by atoms with E-state index >= 15 is 0 Å². The zero-order valence-electron chi connectivity index (χ0n) is 15.8. The van der Waals surface area contributed by atoms with Crippen molar-refractivity contribution >= 4 is 17.6 Å². The minimum absolute atomic E-state index is 0.128. The molecule has 0 N–H and O–H groups in total. The molecule has 2 rings (SSSR count). The summed E-state index contributed by atoms with van der Waals surface area (Å²) in [5.74, 6) is -0.905. The molecule has 0 atom stereocenters. The number of halogens is 3. The number of carbonyl (C=O) groups excluding carboxylic acids is 2. The summed E-state index contributed by atoms with van der Waals surface area (Å²) in [6, 6.07) is 11.9. The Bertz CT molecular complexity index is 856. The van der Waals surface area contributed by atoms with Crippen molar-refractivity contribution in [3.8, 4) is 5.75 Å². The number of hydrogen-bond donors (Lipinski definition) is 0. The third kappa shape index (κ3) is 6.68. The van der Waals surface area contributed by atoms with Crippen LogP contribution in [-0.2, 0) is 11.2 Å². The molecule has 0 bridgehead atoms. The summed E-state index contributed by atoms with van der Waals surface area (Å²) in [6.07, 6.45) is -2.17. The third-order valence-corrected chi connectivity index (χ3v) is 3.81. The molecular weight excluding hydrogens is 369 g/mol. The van der Waals surface area contributed by atoms with Crippen molar-refractivity contribution < 1.29 is 27.5 Å². The predicted molar refractivity (Wildman–Crippen MR) is 101 cm³/mol. The van der Waals surface area contributed by atoms with E-state index < -0.39 is 17.9 Å². The fourth-order valence-corrected chi connectivity index (χ4v) is 2.66. The van der Waals surface area contributed by atoms with Crippen LogP contribution in [0.5, 0.6) is 5.75 Å². The molecule has 0 saturated carbocycles. The van der Waals surface area contributed by atoms with Gasteiger partial charge in [0.15, 0.2) is 12.1 Å². The van der Waals surface area contributed by atoms with Crippen molar-refractivity contribution in [2.45, 2.75) is 33.6 Å². The van der Waals surface area contributed by atoms with Crippen LogP contribution < -0.4 is 4.74 Å². The van der Waals surface area contributed by atoms with E-state index in [4.69, 9.17) is 0 Å². The molecule has 0 spiro atoms. The van der Waals surface area contributed by atoms with E-state index in [1.165, 1.54) is 18.2 Å². The maximum absolute atomic E-state index is 12.3. The standard InChI is InChI=1S/C22H21F3O3/c1-21(2,3)13-15-4-6-16(7-5-15)18(14-26)12-20(27)17-8-10-19(11-9-17)28-22(23,24)25/h4-12,14H,13H2,1-3H3/b18-12+. The monoisotopic (exact) mass is 390 g/mol. The van der Waals surface area contributed by atoms with Crippen molar-refractivity contribution in [1.82, 2.24) is 0 Å². The van der Waals surface area contributed by atoms with Gasteiger partial charge in [0.2, 0.25) is 0 Å². The molecule has 6 heteroatoms. The molecule has 2 aromatic carbocycles. The fourth-order valence-electron chi connectivity index (χ4n) is 2.66. The minimum Gasteiger partial charge on any atom is -0.406 e. The largest absolute Gasteiger partial charge is 0.573 e. The maximum Gasteiger partial charge on any atom is 0.573 e. The number of ether oxygens (including phenoxy) is 1. The lowest BCUT2D eigenvalue weighted by Gasteiger charge is -2.18. The highest BCUT2D eigenvalue weighted by Gasteiger charge is 2.31. The van der Waals surface area contributed by atoms with Gasteiger partial charge in [-0.15, -0.1) is 13.2 Å². The van der Waals surface area contributed by atoms with Crippen LogP contribution in [0.1, 0.15) is 42.3 Å². The molecular formula is C22H21F3O3. The topological polar surface area (TPSA) is 43.4 Å². The molecule has 2 aromatic rings. The molecule has 28 heavy (non-hydrogen) atoms. The third-order valence-electron chi connectivity index (χ3n) is 3.81. The Hall–Kier alpha value is -2.89. The van der Waals surface area contributed by atoms with Crippen LogP contribution in [0.15, 0.2) is 54.6 Å². The number of alkyl halides is 3. The van der Waals surface area contributed by atoms with Crippen molar-refractivity contribution in [3.63, 3.8) is 0 Å². The molecule has 0 radical (unpaired) electrons. The van der Waals surface area contributed by atoms with Gasteiger partial charge < -0.3 is 4.74 Å². The second kappa shape index (κ2) is 8.42. The van der Waals surface area contributed by atoms with E-state index in [2.05, 4.69) is 25.5 Å². The number of allylic oxidation sites excluding steroid dienone is 2. The van der Waals surface area contributed by atoms with Gasteiger partial charge >= 0.3 is 6.36 Å². The Kier molecular flexibility index (Phi) is 6.44. The van der Waals surface area contributed by atoms with Gasteiger partial charge in [0, 0.05) is 11.1 Å². The Morgan fingerprint density at radius 3 is 1.93 bits per heavy atom. The van der Waals surface area contributed by atoms with Crippen molar-refractivity contribution in [1.29, 1.82) is 0 Å². The highest BCUT2D eigenvalue weighted by atomic mass is 19.4. The second-order valence-corrected chi connectivity index (χ2v) is 7.59. The van der Waals surface area contributed by atoms with E-state index in [0.717, 1.165) is 24.1 Å². The van der Waals surface area contributed by atoms with Gasteiger partial charge in [-0.1, -0.05) is 45.0 Å². The number of hydrogen-bond acceptors (Lipinski definition) is 3. The molecule has 0 heterocycles. The molecule has 0 aliphatic heterocycles.